The first kappa shape index (κ1) is 24.0. The van der Waals surface area contributed by atoms with E-state index in [-0.39, 0.29) is 17.7 Å². The van der Waals surface area contributed by atoms with Crippen LogP contribution in [-0.4, -0.2) is 78.4 Å². The van der Waals surface area contributed by atoms with Crippen molar-refractivity contribution in [2.75, 3.05) is 39.1 Å². The Morgan fingerprint density at radius 3 is 2.80 bits per heavy atom. The maximum Gasteiger partial charge on any atom is 0.261 e. The fraction of sp³-hybridized carbons (Fsp3) is 0.500. The third kappa shape index (κ3) is 4.86. The Labute approximate surface area is 204 Å². The molecule has 0 radical (unpaired) electrons. The molecule has 0 amide bonds. The summed E-state index contributed by atoms with van der Waals surface area (Å²) in [6.07, 6.45) is 7.14. The zero-order chi connectivity index (χ0) is 24.7. The lowest BCUT2D eigenvalue weighted by Crippen LogP contribution is -2.52. The summed E-state index contributed by atoms with van der Waals surface area (Å²) < 4.78 is 44.8. The van der Waals surface area contributed by atoms with Crippen molar-refractivity contribution < 1.29 is 22.3 Å². The molecule has 35 heavy (non-hydrogen) atoms. The van der Waals surface area contributed by atoms with Crippen molar-refractivity contribution in [3.05, 3.63) is 46.8 Å². The van der Waals surface area contributed by atoms with Crippen LogP contribution >= 0.6 is 0 Å². The summed E-state index contributed by atoms with van der Waals surface area (Å²) in [7, 11) is -1.50. The minimum absolute atomic E-state index is 0.0165. The van der Waals surface area contributed by atoms with E-state index in [4.69, 9.17) is 13.9 Å². The predicted molar refractivity (Wildman–Crippen MR) is 131 cm³/mol. The molecule has 2 saturated heterocycles. The SMILES string of the molecule is CC1CN(S(C)(=O)=O)CCN1Cc1cc2c(=O)n(C)cc(-c3ccncc3OC3CCOC3)c2o1. The zero-order valence-corrected chi connectivity index (χ0v) is 21.0. The van der Waals surface area contributed by atoms with Crippen LogP contribution in [0.5, 0.6) is 5.75 Å². The van der Waals surface area contributed by atoms with Gasteiger partial charge in [0.15, 0.2) is 0 Å². The third-order valence-electron chi connectivity index (χ3n) is 6.71. The largest absolute Gasteiger partial charge is 0.486 e. The third-order valence-corrected chi connectivity index (χ3v) is 7.98. The average Bonchev–Trinajstić information content (AvgIpc) is 3.48. The number of hydrogen-bond acceptors (Lipinski definition) is 8. The van der Waals surface area contributed by atoms with Gasteiger partial charge in [0.2, 0.25) is 10.0 Å². The quantitative estimate of drug-likeness (QED) is 0.503. The Bertz CT molecular complexity index is 1390. The highest BCUT2D eigenvalue weighted by Crippen LogP contribution is 2.36. The number of furan rings is 1. The second kappa shape index (κ2) is 9.38. The van der Waals surface area contributed by atoms with Crippen molar-refractivity contribution in [1.29, 1.82) is 0 Å². The Morgan fingerprint density at radius 2 is 2.09 bits per heavy atom. The maximum absolute atomic E-state index is 13.0. The molecule has 11 heteroatoms. The molecule has 2 aliphatic heterocycles. The van der Waals surface area contributed by atoms with Crippen LogP contribution in [0.25, 0.3) is 22.1 Å². The average molecular weight is 503 g/mol. The molecule has 0 bridgehead atoms. The van der Waals surface area contributed by atoms with Crippen molar-refractivity contribution in [3.8, 4) is 16.9 Å². The fourth-order valence-corrected chi connectivity index (χ4v) is 5.65. The molecule has 188 valence electrons. The van der Waals surface area contributed by atoms with Crippen LogP contribution in [0.1, 0.15) is 19.1 Å². The van der Waals surface area contributed by atoms with Crippen molar-refractivity contribution in [1.82, 2.24) is 18.8 Å². The van der Waals surface area contributed by atoms with Crippen molar-refractivity contribution >= 4 is 21.0 Å². The highest BCUT2D eigenvalue weighted by atomic mass is 32.2. The van der Waals surface area contributed by atoms with Gasteiger partial charge in [0, 0.05) is 62.7 Å². The van der Waals surface area contributed by atoms with Gasteiger partial charge in [0.05, 0.1) is 37.6 Å². The van der Waals surface area contributed by atoms with E-state index in [0.717, 1.165) is 17.5 Å². The van der Waals surface area contributed by atoms with E-state index >= 15 is 0 Å². The molecule has 2 unspecified atom stereocenters. The lowest BCUT2D eigenvalue weighted by Gasteiger charge is -2.38. The Morgan fingerprint density at radius 1 is 1.26 bits per heavy atom. The molecule has 2 aliphatic rings. The van der Waals surface area contributed by atoms with Gasteiger partial charge >= 0.3 is 0 Å². The molecular formula is C24H30N4O6S. The molecule has 3 aromatic heterocycles. The highest BCUT2D eigenvalue weighted by molar-refractivity contribution is 7.88. The molecule has 0 spiro atoms. The van der Waals surface area contributed by atoms with E-state index in [1.807, 2.05) is 13.0 Å². The summed E-state index contributed by atoms with van der Waals surface area (Å²) in [5.74, 6) is 1.27. The molecule has 0 saturated carbocycles. The fourth-order valence-electron chi connectivity index (χ4n) is 4.75. The number of ether oxygens (including phenoxy) is 2. The Kier molecular flexibility index (Phi) is 6.43. The Hall–Kier alpha value is -2.73. The van der Waals surface area contributed by atoms with E-state index in [2.05, 4.69) is 9.88 Å². The standard InChI is InChI=1S/C24H30N4O6S/c1-16-12-28(35(3,30)31)8-7-27(16)13-18-10-20-23(34-18)21(14-26(2)24(20)29)19-4-6-25-11-22(19)33-17-5-9-32-15-17/h4,6,10-11,14,16-17H,5,7-9,12-13,15H2,1-3H3. The molecular weight excluding hydrogens is 472 g/mol. The van der Waals surface area contributed by atoms with Gasteiger partial charge in [-0.2, -0.15) is 4.31 Å². The van der Waals surface area contributed by atoms with Gasteiger partial charge in [-0.05, 0) is 19.1 Å². The number of fused-ring (bicyclic) bond motifs is 1. The number of nitrogens with zero attached hydrogens (tertiary/aromatic N) is 4. The van der Waals surface area contributed by atoms with Crippen molar-refractivity contribution in [2.45, 2.75) is 32.0 Å². The van der Waals surface area contributed by atoms with Crippen LogP contribution in [0.15, 0.2) is 39.9 Å². The maximum atomic E-state index is 13.0. The first-order chi connectivity index (χ1) is 16.7. The molecule has 0 aliphatic carbocycles. The van der Waals surface area contributed by atoms with Gasteiger partial charge in [0.25, 0.3) is 5.56 Å². The number of piperazine rings is 1. The second-order valence-electron chi connectivity index (χ2n) is 9.33. The minimum Gasteiger partial charge on any atom is -0.486 e. The molecule has 5 rings (SSSR count). The zero-order valence-electron chi connectivity index (χ0n) is 20.1. The first-order valence-electron chi connectivity index (χ1n) is 11.7. The summed E-state index contributed by atoms with van der Waals surface area (Å²) in [6.45, 7) is 5.12. The molecule has 2 fully saturated rings. The van der Waals surface area contributed by atoms with Crippen LogP contribution in [-0.2, 0) is 28.4 Å². The topological polar surface area (TPSA) is 107 Å². The van der Waals surface area contributed by atoms with Crippen LogP contribution in [0.3, 0.4) is 0 Å². The first-order valence-corrected chi connectivity index (χ1v) is 13.6. The number of aromatic nitrogens is 2. The molecule has 10 nitrogen and oxygen atoms in total. The summed E-state index contributed by atoms with van der Waals surface area (Å²) in [4.78, 5) is 19.4. The van der Waals surface area contributed by atoms with Gasteiger partial charge in [-0.25, -0.2) is 8.42 Å². The van der Waals surface area contributed by atoms with Crippen LogP contribution in [0.4, 0.5) is 0 Å². The van der Waals surface area contributed by atoms with Crippen molar-refractivity contribution in [3.63, 3.8) is 0 Å². The highest BCUT2D eigenvalue weighted by Gasteiger charge is 2.30. The van der Waals surface area contributed by atoms with Gasteiger partial charge in [-0.1, -0.05) is 0 Å². The number of pyridine rings is 2. The lowest BCUT2D eigenvalue weighted by atomic mass is 10.1. The van der Waals surface area contributed by atoms with E-state index in [1.54, 1.807) is 36.3 Å². The lowest BCUT2D eigenvalue weighted by molar-refractivity contribution is 0.115. The van der Waals surface area contributed by atoms with Crippen LogP contribution < -0.4 is 10.3 Å². The molecule has 0 aromatic carbocycles. The van der Waals surface area contributed by atoms with E-state index in [0.29, 0.717) is 61.9 Å². The molecule has 0 N–H and O–H groups in total. The summed E-state index contributed by atoms with van der Waals surface area (Å²) >= 11 is 0. The molecule has 5 heterocycles. The van der Waals surface area contributed by atoms with Gasteiger partial charge in [0.1, 0.15) is 23.2 Å². The minimum atomic E-state index is -3.22. The molecule has 2 atom stereocenters. The predicted octanol–water partition coefficient (Wildman–Crippen LogP) is 1.83. The number of rotatable bonds is 6. The second-order valence-corrected chi connectivity index (χ2v) is 11.3. The van der Waals surface area contributed by atoms with E-state index in [9.17, 15) is 13.2 Å². The summed E-state index contributed by atoms with van der Waals surface area (Å²) in [6, 6.07) is 3.67. The summed E-state index contributed by atoms with van der Waals surface area (Å²) in [5.41, 5.74) is 1.90. The van der Waals surface area contributed by atoms with Gasteiger partial charge in [-0.3, -0.25) is 14.7 Å². The summed E-state index contributed by atoms with van der Waals surface area (Å²) in [5, 5.41) is 0.495. The number of aryl methyl sites for hydroxylation is 1. The van der Waals surface area contributed by atoms with Crippen molar-refractivity contribution in [2.24, 2.45) is 7.05 Å². The Balaban J connectivity index is 1.48. The number of hydrogen-bond donors (Lipinski definition) is 0. The molecule has 3 aromatic rings. The normalized spacial score (nSPS) is 22.1. The van der Waals surface area contributed by atoms with Crippen LogP contribution in [0.2, 0.25) is 0 Å². The van der Waals surface area contributed by atoms with Gasteiger partial charge < -0.3 is 18.5 Å². The van der Waals surface area contributed by atoms with Crippen LogP contribution in [0, 0.1) is 0 Å². The number of sulfonamides is 1. The monoisotopic (exact) mass is 502 g/mol. The smallest absolute Gasteiger partial charge is 0.261 e. The van der Waals surface area contributed by atoms with E-state index < -0.39 is 10.0 Å². The van der Waals surface area contributed by atoms with Gasteiger partial charge in [-0.15, -0.1) is 0 Å². The van der Waals surface area contributed by atoms with E-state index in [1.165, 1.54) is 10.6 Å².